The molecule has 0 radical (unpaired) electrons. The zero-order valence-electron chi connectivity index (χ0n) is 11.8. The largest absolute Gasteiger partial charge is 0.411 e. The maximum atomic E-state index is 12.3. The molecule has 0 saturated carbocycles. The van der Waals surface area contributed by atoms with Crippen LogP contribution in [0.25, 0.3) is 11.5 Å². The molecule has 0 spiro atoms. The molecular formula is C16H13N3O2S. The molecule has 0 bridgehead atoms. The highest BCUT2D eigenvalue weighted by Crippen LogP contribution is 2.27. The molecule has 3 aromatic rings. The van der Waals surface area contributed by atoms with Crippen LogP contribution in [-0.2, 0) is 0 Å². The van der Waals surface area contributed by atoms with E-state index in [1.54, 1.807) is 24.5 Å². The van der Waals surface area contributed by atoms with Crippen molar-refractivity contribution >= 4 is 17.5 Å². The molecule has 0 N–H and O–H groups in total. The molecule has 6 heteroatoms. The minimum Gasteiger partial charge on any atom is -0.411 e. The van der Waals surface area contributed by atoms with E-state index >= 15 is 0 Å². The first-order valence-corrected chi connectivity index (χ1v) is 7.62. The van der Waals surface area contributed by atoms with Crippen molar-refractivity contribution in [2.45, 2.75) is 17.4 Å². The lowest BCUT2D eigenvalue weighted by atomic mass is 10.1. The zero-order chi connectivity index (χ0) is 15.4. The van der Waals surface area contributed by atoms with E-state index in [4.69, 9.17) is 4.42 Å². The van der Waals surface area contributed by atoms with Gasteiger partial charge in [0, 0.05) is 23.5 Å². The summed E-state index contributed by atoms with van der Waals surface area (Å²) in [5.74, 6) is 0.432. The molecule has 5 nitrogen and oxygen atoms in total. The summed E-state index contributed by atoms with van der Waals surface area (Å²) in [6.45, 7) is 1.81. The Morgan fingerprint density at radius 2 is 1.95 bits per heavy atom. The van der Waals surface area contributed by atoms with Gasteiger partial charge in [0.15, 0.2) is 5.78 Å². The van der Waals surface area contributed by atoms with Gasteiger partial charge in [-0.3, -0.25) is 9.78 Å². The van der Waals surface area contributed by atoms with Crippen molar-refractivity contribution in [2.24, 2.45) is 0 Å². The van der Waals surface area contributed by atoms with Crippen molar-refractivity contribution in [1.29, 1.82) is 0 Å². The second-order valence-corrected chi connectivity index (χ2v) is 5.90. The molecule has 0 aliphatic rings. The van der Waals surface area contributed by atoms with Crippen molar-refractivity contribution < 1.29 is 9.21 Å². The Balaban J connectivity index is 1.71. The van der Waals surface area contributed by atoms with Gasteiger partial charge < -0.3 is 4.42 Å². The van der Waals surface area contributed by atoms with Crippen LogP contribution in [0.15, 0.2) is 64.5 Å². The van der Waals surface area contributed by atoms with E-state index in [9.17, 15) is 4.79 Å². The average Bonchev–Trinajstić information content (AvgIpc) is 3.04. The number of rotatable bonds is 5. The topological polar surface area (TPSA) is 68.9 Å². The second-order valence-electron chi connectivity index (χ2n) is 4.61. The Kier molecular flexibility index (Phi) is 4.29. The summed E-state index contributed by atoms with van der Waals surface area (Å²) in [6.07, 6.45) is 3.20. The second kappa shape index (κ2) is 6.53. The predicted molar refractivity (Wildman–Crippen MR) is 83.6 cm³/mol. The number of hydrogen-bond donors (Lipinski definition) is 0. The molecule has 110 valence electrons. The molecule has 0 amide bonds. The minimum absolute atomic E-state index is 0.0161. The molecule has 0 fully saturated rings. The van der Waals surface area contributed by atoms with Crippen LogP contribution in [0, 0.1) is 0 Å². The lowest BCUT2D eigenvalue weighted by Gasteiger charge is -2.06. The Morgan fingerprint density at radius 3 is 2.68 bits per heavy atom. The molecule has 0 unspecified atom stereocenters. The minimum atomic E-state index is -0.326. The smallest absolute Gasteiger partial charge is 0.277 e. The summed E-state index contributed by atoms with van der Waals surface area (Å²) >= 11 is 1.24. The Labute approximate surface area is 131 Å². The lowest BCUT2D eigenvalue weighted by molar-refractivity contribution is 0.0993. The number of thioether (sulfide) groups is 1. The number of nitrogens with zero attached hydrogens (tertiary/aromatic N) is 3. The van der Waals surface area contributed by atoms with Crippen molar-refractivity contribution in [2.75, 3.05) is 0 Å². The van der Waals surface area contributed by atoms with Gasteiger partial charge in [-0.1, -0.05) is 30.0 Å². The number of benzene rings is 1. The molecule has 3 rings (SSSR count). The molecule has 1 atom stereocenters. The highest BCUT2D eigenvalue weighted by Gasteiger charge is 2.20. The van der Waals surface area contributed by atoms with Gasteiger partial charge in [0.05, 0.1) is 5.25 Å². The zero-order valence-corrected chi connectivity index (χ0v) is 12.7. The number of aromatic nitrogens is 3. The van der Waals surface area contributed by atoms with Gasteiger partial charge in [-0.2, -0.15) is 0 Å². The van der Waals surface area contributed by atoms with Gasteiger partial charge in [-0.05, 0) is 31.2 Å². The Bertz CT molecular complexity index is 759. The highest BCUT2D eigenvalue weighted by molar-refractivity contribution is 8.00. The summed E-state index contributed by atoms with van der Waals surface area (Å²) in [4.78, 5) is 16.2. The third-order valence-electron chi connectivity index (χ3n) is 3.02. The van der Waals surface area contributed by atoms with Crippen LogP contribution in [-0.4, -0.2) is 26.2 Å². The first-order chi connectivity index (χ1) is 10.7. The van der Waals surface area contributed by atoms with Crippen molar-refractivity contribution in [1.82, 2.24) is 15.2 Å². The van der Waals surface area contributed by atoms with Gasteiger partial charge in [0.25, 0.3) is 5.22 Å². The fourth-order valence-corrected chi connectivity index (χ4v) is 2.66. The standard InChI is InChI=1S/C16H13N3O2S/c1-11(14(20)13-8-5-9-17-10-13)22-16-19-18-15(21-16)12-6-3-2-4-7-12/h2-11H,1H3/t11-/m0/s1. The van der Waals surface area contributed by atoms with Gasteiger partial charge in [0.2, 0.25) is 5.89 Å². The normalized spacial score (nSPS) is 12.0. The van der Waals surface area contributed by atoms with Gasteiger partial charge >= 0.3 is 0 Å². The number of carbonyl (C=O) groups excluding carboxylic acids is 1. The fourth-order valence-electron chi connectivity index (χ4n) is 1.90. The molecule has 22 heavy (non-hydrogen) atoms. The van der Waals surface area contributed by atoms with E-state index < -0.39 is 0 Å². The van der Waals surface area contributed by atoms with E-state index in [1.165, 1.54) is 11.8 Å². The summed E-state index contributed by atoms with van der Waals surface area (Å²) in [5.41, 5.74) is 1.43. The molecule has 2 aromatic heterocycles. The van der Waals surface area contributed by atoms with Gasteiger partial charge in [-0.15, -0.1) is 10.2 Å². The molecule has 2 heterocycles. The summed E-state index contributed by atoms with van der Waals surface area (Å²) < 4.78 is 5.60. The average molecular weight is 311 g/mol. The van der Waals surface area contributed by atoms with Crippen molar-refractivity contribution in [3.05, 3.63) is 60.4 Å². The quantitative estimate of drug-likeness (QED) is 0.530. The molecular weight excluding hydrogens is 298 g/mol. The van der Waals surface area contributed by atoms with E-state index in [-0.39, 0.29) is 11.0 Å². The van der Waals surface area contributed by atoms with Crippen LogP contribution in [0.1, 0.15) is 17.3 Å². The number of pyridine rings is 1. The predicted octanol–water partition coefficient (Wildman–Crippen LogP) is 3.50. The Hall–Kier alpha value is -2.47. The maximum Gasteiger partial charge on any atom is 0.277 e. The van der Waals surface area contributed by atoms with Crippen molar-refractivity contribution in [3.63, 3.8) is 0 Å². The van der Waals surface area contributed by atoms with E-state index in [0.29, 0.717) is 16.7 Å². The first kappa shape index (κ1) is 14.5. The molecule has 0 saturated heterocycles. The number of Topliss-reactive ketones (excluding diaryl/α,β-unsaturated/α-hetero) is 1. The summed E-state index contributed by atoms with van der Waals surface area (Å²) in [5, 5.41) is 8.05. The highest BCUT2D eigenvalue weighted by atomic mass is 32.2. The third kappa shape index (κ3) is 3.23. The number of hydrogen-bond acceptors (Lipinski definition) is 6. The summed E-state index contributed by atoms with van der Waals surface area (Å²) in [7, 11) is 0. The van der Waals surface area contributed by atoms with Crippen LogP contribution in [0.5, 0.6) is 0 Å². The first-order valence-electron chi connectivity index (χ1n) is 6.74. The fraction of sp³-hybridized carbons (Fsp3) is 0.125. The lowest BCUT2D eigenvalue weighted by Crippen LogP contribution is -2.13. The van der Waals surface area contributed by atoms with Gasteiger partial charge in [-0.25, -0.2) is 0 Å². The number of carbonyl (C=O) groups is 1. The van der Waals surface area contributed by atoms with Crippen LogP contribution in [0.3, 0.4) is 0 Å². The van der Waals surface area contributed by atoms with Crippen LogP contribution >= 0.6 is 11.8 Å². The van der Waals surface area contributed by atoms with E-state index in [2.05, 4.69) is 15.2 Å². The van der Waals surface area contributed by atoms with Crippen LogP contribution in [0.2, 0.25) is 0 Å². The summed E-state index contributed by atoms with van der Waals surface area (Å²) in [6, 6.07) is 13.0. The van der Waals surface area contributed by atoms with Gasteiger partial charge in [0.1, 0.15) is 0 Å². The number of ketones is 1. The van der Waals surface area contributed by atoms with E-state index in [0.717, 1.165) is 5.56 Å². The third-order valence-corrected chi connectivity index (χ3v) is 3.95. The SMILES string of the molecule is C[C@H](Sc1nnc(-c2ccccc2)o1)C(=O)c1cccnc1. The molecule has 1 aromatic carbocycles. The van der Waals surface area contributed by atoms with Crippen LogP contribution in [0.4, 0.5) is 0 Å². The molecule has 0 aliphatic heterocycles. The van der Waals surface area contributed by atoms with Crippen molar-refractivity contribution in [3.8, 4) is 11.5 Å². The van der Waals surface area contributed by atoms with E-state index in [1.807, 2.05) is 37.3 Å². The molecule has 0 aliphatic carbocycles. The van der Waals surface area contributed by atoms with Crippen LogP contribution < -0.4 is 0 Å². The maximum absolute atomic E-state index is 12.3. The monoisotopic (exact) mass is 311 g/mol. The Morgan fingerprint density at radius 1 is 1.14 bits per heavy atom.